The number of hydrogen-bond donors (Lipinski definition) is 2. The van der Waals surface area contributed by atoms with Crippen molar-refractivity contribution in [1.82, 2.24) is 0 Å². The number of carbonyl (C=O) groups is 2. The van der Waals surface area contributed by atoms with Crippen molar-refractivity contribution in [2.24, 2.45) is 0 Å². The first-order valence-corrected chi connectivity index (χ1v) is 12.0. The molecule has 0 aliphatic rings. The van der Waals surface area contributed by atoms with Crippen molar-refractivity contribution in [3.05, 3.63) is 0 Å². The SMILES string of the molecule is CC(C)(CCCCCCCC(=O)CCCC(C)(C=O)S(=O)(=O)O)S(=O)(=O)O. The minimum Gasteiger partial charge on any atom is -0.302 e. The van der Waals surface area contributed by atoms with Gasteiger partial charge in [0.1, 0.15) is 16.8 Å². The van der Waals surface area contributed by atoms with Crippen molar-refractivity contribution in [2.75, 3.05) is 0 Å². The van der Waals surface area contributed by atoms with E-state index in [9.17, 15) is 26.4 Å². The Morgan fingerprint density at radius 2 is 1.26 bits per heavy atom. The van der Waals surface area contributed by atoms with Crippen LogP contribution >= 0.6 is 0 Å². The van der Waals surface area contributed by atoms with Crippen molar-refractivity contribution in [1.29, 1.82) is 0 Å². The maximum atomic E-state index is 11.8. The molecule has 0 rings (SSSR count). The standard InChI is InChI=1S/C17H32O8S2/c1-16(2,26(20,21)22)12-8-6-4-5-7-10-15(19)11-9-13-17(3,14-18)27(23,24)25/h14H,4-13H2,1-3H3,(H,20,21,22)(H,23,24,25). The van der Waals surface area contributed by atoms with E-state index in [1.165, 1.54) is 13.8 Å². The second kappa shape index (κ2) is 10.6. The molecule has 1 unspecified atom stereocenters. The molecule has 0 aromatic rings. The minimum atomic E-state index is -4.49. The normalized spacial score (nSPS) is 15.3. The van der Waals surface area contributed by atoms with Crippen LogP contribution in [0.1, 0.15) is 85.0 Å². The monoisotopic (exact) mass is 428 g/mol. The molecule has 0 heterocycles. The smallest absolute Gasteiger partial charge is 0.277 e. The van der Waals surface area contributed by atoms with E-state index < -0.39 is 29.7 Å². The topological polar surface area (TPSA) is 143 Å². The van der Waals surface area contributed by atoms with Gasteiger partial charge in [-0.3, -0.25) is 13.9 Å². The third-order valence-corrected chi connectivity index (χ3v) is 7.98. The summed E-state index contributed by atoms with van der Waals surface area (Å²) < 4.78 is 59.8. The molecular weight excluding hydrogens is 396 g/mol. The highest BCUT2D eigenvalue weighted by atomic mass is 32.2. The number of Topliss-reactive ketones (excluding diaryl/α,β-unsaturated/α-hetero) is 1. The second-order valence-corrected chi connectivity index (χ2v) is 11.7. The first kappa shape index (κ1) is 26.2. The quantitative estimate of drug-likeness (QED) is 0.230. The first-order chi connectivity index (χ1) is 12.2. The van der Waals surface area contributed by atoms with Gasteiger partial charge in [0.05, 0.1) is 4.75 Å². The fourth-order valence-corrected chi connectivity index (χ4v) is 3.47. The van der Waals surface area contributed by atoms with E-state index in [1.807, 2.05) is 0 Å². The summed E-state index contributed by atoms with van der Waals surface area (Å²) in [7, 11) is -8.56. The molecule has 2 N–H and O–H groups in total. The van der Waals surface area contributed by atoms with Crippen LogP contribution in [0.2, 0.25) is 0 Å². The molecule has 0 saturated heterocycles. The Balaban J connectivity index is 3.93. The van der Waals surface area contributed by atoms with Crippen LogP contribution in [0.25, 0.3) is 0 Å². The van der Waals surface area contributed by atoms with E-state index in [2.05, 4.69) is 0 Å². The lowest BCUT2D eigenvalue weighted by Gasteiger charge is -2.20. The summed E-state index contributed by atoms with van der Waals surface area (Å²) in [4.78, 5) is 22.7. The van der Waals surface area contributed by atoms with Crippen LogP contribution in [0, 0.1) is 0 Å². The summed E-state index contributed by atoms with van der Waals surface area (Å²) in [5, 5.41) is 0. The largest absolute Gasteiger partial charge is 0.302 e. The fraction of sp³-hybridized carbons (Fsp3) is 0.882. The van der Waals surface area contributed by atoms with Gasteiger partial charge in [-0.2, -0.15) is 16.8 Å². The zero-order chi connectivity index (χ0) is 21.4. The molecule has 0 aromatic carbocycles. The van der Waals surface area contributed by atoms with E-state index >= 15 is 0 Å². The van der Waals surface area contributed by atoms with Crippen molar-refractivity contribution in [2.45, 2.75) is 94.5 Å². The van der Waals surface area contributed by atoms with Gasteiger partial charge in [0.15, 0.2) is 0 Å². The molecule has 160 valence electrons. The van der Waals surface area contributed by atoms with Crippen LogP contribution in [0.5, 0.6) is 0 Å². The molecule has 27 heavy (non-hydrogen) atoms. The van der Waals surface area contributed by atoms with Gasteiger partial charge in [0, 0.05) is 12.8 Å². The Labute approximate surface area is 162 Å². The average Bonchev–Trinajstić information content (AvgIpc) is 2.51. The zero-order valence-corrected chi connectivity index (χ0v) is 17.9. The Morgan fingerprint density at radius 3 is 1.74 bits per heavy atom. The average molecular weight is 429 g/mol. The van der Waals surface area contributed by atoms with Crippen LogP contribution < -0.4 is 0 Å². The molecule has 0 saturated carbocycles. The van der Waals surface area contributed by atoms with Gasteiger partial charge in [-0.15, -0.1) is 0 Å². The Morgan fingerprint density at radius 1 is 0.778 bits per heavy atom. The van der Waals surface area contributed by atoms with E-state index in [1.54, 1.807) is 0 Å². The summed E-state index contributed by atoms with van der Waals surface area (Å²) in [5.74, 6) is -0.0221. The number of carbonyl (C=O) groups excluding carboxylic acids is 2. The Kier molecular flexibility index (Phi) is 10.3. The van der Waals surface area contributed by atoms with Crippen molar-refractivity contribution < 1.29 is 35.5 Å². The molecule has 0 fully saturated rings. The molecule has 0 bridgehead atoms. The Hall–Kier alpha value is -0.840. The molecule has 0 radical (unpaired) electrons. The summed E-state index contributed by atoms with van der Waals surface area (Å²) >= 11 is 0. The van der Waals surface area contributed by atoms with Gasteiger partial charge in [0.25, 0.3) is 20.2 Å². The van der Waals surface area contributed by atoms with Gasteiger partial charge < -0.3 is 4.79 Å². The summed E-state index contributed by atoms with van der Waals surface area (Å²) in [5.41, 5.74) is 0. The van der Waals surface area contributed by atoms with Gasteiger partial charge in [-0.05, 0) is 46.5 Å². The fourth-order valence-electron chi connectivity index (χ4n) is 2.54. The highest BCUT2D eigenvalue weighted by molar-refractivity contribution is 7.88. The highest BCUT2D eigenvalue weighted by Crippen LogP contribution is 2.23. The minimum absolute atomic E-state index is 0.0221. The van der Waals surface area contributed by atoms with Gasteiger partial charge >= 0.3 is 0 Å². The lowest BCUT2D eigenvalue weighted by molar-refractivity contribution is -0.119. The number of unbranched alkanes of at least 4 members (excludes halogenated alkanes) is 4. The highest BCUT2D eigenvalue weighted by Gasteiger charge is 2.37. The zero-order valence-electron chi connectivity index (χ0n) is 16.3. The molecule has 0 aliphatic carbocycles. The molecule has 10 heteroatoms. The van der Waals surface area contributed by atoms with E-state index in [4.69, 9.17) is 9.11 Å². The summed E-state index contributed by atoms with van der Waals surface area (Å²) in [6, 6.07) is 0. The molecule has 0 aromatic heterocycles. The third kappa shape index (κ3) is 9.27. The number of rotatable bonds is 15. The molecule has 0 spiro atoms. The van der Waals surface area contributed by atoms with Gasteiger partial charge in [-0.1, -0.05) is 25.7 Å². The van der Waals surface area contributed by atoms with Gasteiger partial charge in [0.2, 0.25) is 0 Å². The van der Waals surface area contributed by atoms with E-state index in [0.29, 0.717) is 25.7 Å². The molecule has 0 aliphatic heterocycles. The van der Waals surface area contributed by atoms with Crippen LogP contribution in [0.15, 0.2) is 0 Å². The second-order valence-electron chi connectivity index (χ2n) is 7.80. The van der Waals surface area contributed by atoms with Gasteiger partial charge in [-0.25, -0.2) is 0 Å². The number of hydrogen-bond acceptors (Lipinski definition) is 6. The van der Waals surface area contributed by atoms with Crippen LogP contribution in [-0.2, 0) is 29.8 Å². The van der Waals surface area contributed by atoms with Crippen LogP contribution in [0.4, 0.5) is 0 Å². The first-order valence-electron chi connectivity index (χ1n) is 9.08. The number of aldehydes is 1. The summed E-state index contributed by atoms with van der Waals surface area (Å²) in [6.45, 7) is 4.10. The van der Waals surface area contributed by atoms with E-state index in [-0.39, 0.29) is 31.3 Å². The summed E-state index contributed by atoms with van der Waals surface area (Å²) in [6.07, 6.45) is 4.99. The molecule has 8 nitrogen and oxygen atoms in total. The number of ketones is 1. The third-order valence-electron chi connectivity index (χ3n) is 4.90. The molecule has 1 atom stereocenters. The predicted octanol–water partition coefficient (Wildman–Crippen LogP) is 2.97. The van der Waals surface area contributed by atoms with Crippen LogP contribution in [0.3, 0.4) is 0 Å². The van der Waals surface area contributed by atoms with E-state index in [0.717, 1.165) is 26.2 Å². The van der Waals surface area contributed by atoms with Crippen molar-refractivity contribution >= 4 is 32.3 Å². The van der Waals surface area contributed by atoms with Crippen molar-refractivity contribution in [3.63, 3.8) is 0 Å². The maximum absolute atomic E-state index is 11.8. The predicted molar refractivity (Wildman–Crippen MR) is 103 cm³/mol. The lowest BCUT2D eigenvalue weighted by Crippen LogP contribution is -2.36. The maximum Gasteiger partial charge on any atom is 0.277 e. The van der Waals surface area contributed by atoms with Crippen LogP contribution in [-0.4, -0.2) is 47.5 Å². The van der Waals surface area contributed by atoms with Crippen molar-refractivity contribution in [3.8, 4) is 0 Å². The lowest BCUT2D eigenvalue weighted by atomic mass is 10.00. The molecule has 0 amide bonds. The Bertz CT molecular complexity index is 694. The molecular formula is C17H32O8S2.